The summed E-state index contributed by atoms with van der Waals surface area (Å²) >= 11 is 1.11. The van der Waals surface area contributed by atoms with Crippen molar-refractivity contribution in [3.05, 3.63) is 16.1 Å². The monoisotopic (exact) mass is 231 g/mol. The third-order valence-electron chi connectivity index (χ3n) is 2.16. The van der Waals surface area contributed by atoms with Gasteiger partial charge in [-0.1, -0.05) is 0 Å². The fraction of sp³-hybridized carbons (Fsp3) is 0.600. The average Bonchev–Trinajstić information content (AvgIpc) is 2.50. The maximum absolute atomic E-state index is 13.5. The standard InChI is InChI=1S/C10H14FNO2S/c1-9(2,8(13)14)7-12-5-6(15-7)10(3,4)11/h5H,1-4H3,(H,13,14). The molecule has 0 aliphatic carbocycles. The summed E-state index contributed by atoms with van der Waals surface area (Å²) in [6.45, 7) is 5.97. The van der Waals surface area contributed by atoms with Crippen LogP contribution in [0.5, 0.6) is 0 Å². The molecule has 1 rings (SSSR count). The van der Waals surface area contributed by atoms with Crippen LogP contribution in [-0.2, 0) is 15.9 Å². The van der Waals surface area contributed by atoms with Gasteiger partial charge in [-0.15, -0.1) is 11.3 Å². The van der Waals surface area contributed by atoms with Gasteiger partial charge in [0, 0.05) is 6.20 Å². The summed E-state index contributed by atoms with van der Waals surface area (Å²) in [4.78, 5) is 15.4. The van der Waals surface area contributed by atoms with Crippen LogP contribution in [0.25, 0.3) is 0 Å². The number of carbonyl (C=O) groups is 1. The van der Waals surface area contributed by atoms with Crippen molar-refractivity contribution < 1.29 is 14.3 Å². The second kappa shape index (κ2) is 3.56. The van der Waals surface area contributed by atoms with E-state index >= 15 is 0 Å². The molecule has 1 heterocycles. The van der Waals surface area contributed by atoms with Crippen molar-refractivity contribution in [2.75, 3.05) is 0 Å². The lowest BCUT2D eigenvalue weighted by atomic mass is 9.95. The van der Waals surface area contributed by atoms with Crippen LogP contribution in [0.15, 0.2) is 6.20 Å². The van der Waals surface area contributed by atoms with Crippen LogP contribution in [0.4, 0.5) is 4.39 Å². The van der Waals surface area contributed by atoms with Crippen molar-refractivity contribution in [2.45, 2.75) is 38.8 Å². The lowest BCUT2D eigenvalue weighted by molar-refractivity contribution is -0.142. The SMILES string of the molecule is CC(C)(F)c1cnc(C(C)(C)C(=O)O)s1. The molecule has 1 N–H and O–H groups in total. The van der Waals surface area contributed by atoms with E-state index in [-0.39, 0.29) is 0 Å². The summed E-state index contributed by atoms with van der Waals surface area (Å²) in [5.74, 6) is -0.958. The Bertz CT molecular complexity index is 379. The third kappa shape index (κ3) is 2.34. The minimum Gasteiger partial charge on any atom is -0.481 e. The first-order chi connectivity index (χ1) is 6.65. The lowest BCUT2D eigenvalue weighted by Crippen LogP contribution is -2.28. The van der Waals surface area contributed by atoms with Gasteiger partial charge >= 0.3 is 5.97 Å². The normalized spacial score (nSPS) is 12.9. The molecule has 0 atom stereocenters. The number of aliphatic carboxylic acids is 1. The molecule has 0 bridgehead atoms. The molecule has 5 heteroatoms. The topological polar surface area (TPSA) is 50.2 Å². The number of hydrogen-bond acceptors (Lipinski definition) is 3. The third-order valence-corrected chi connectivity index (χ3v) is 3.78. The molecule has 3 nitrogen and oxygen atoms in total. The van der Waals surface area contributed by atoms with E-state index < -0.39 is 17.1 Å². The molecule has 0 spiro atoms. The summed E-state index contributed by atoms with van der Waals surface area (Å²) < 4.78 is 13.5. The summed E-state index contributed by atoms with van der Waals surface area (Å²) in [5.41, 5.74) is -2.53. The number of nitrogens with zero attached hydrogens (tertiary/aromatic N) is 1. The Morgan fingerprint density at radius 1 is 1.47 bits per heavy atom. The van der Waals surface area contributed by atoms with E-state index in [2.05, 4.69) is 4.98 Å². The van der Waals surface area contributed by atoms with E-state index in [1.807, 2.05) is 0 Å². The fourth-order valence-electron chi connectivity index (χ4n) is 0.929. The molecule has 1 aromatic rings. The first-order valence-corrected chi connectivity index (χ1v) is 5.36. The first kappa shape index (κ1) is 12.1. The molecule has 0 unspecified atom stereocenters. The Morgan fingerprint density at radius 2 is 2.00 bits per heavy atom. The number of carboxylic acids is 1. The van der Waals surface area contributed by atoms with Crippen molar-refractivity contribution in [1.82, 2.24) is 4.98 Å². The molecule has 0 aliphatic heterocycles. The molecule has 1 aromatic heterocycles. The molecule has 0 radical (unpaired) electrons. The van der Waals surface area contributed by atoms with E-state index in [0.29, 0.717) is 9.88 Å². The van der Waals surface area contributed by atoms with E-state index in [1.165, 1.54) is 20.0 Å². The molecule has 0 saturated carbocycles. The Kier molecular flexibility index (Phi) is 2.87. The van der Waals surface area contributed by atoms with Crippen molar-refractivity contribution >= 4 is 17.3 Å². The molecule has 0 aliphatic rings. The number of rotatable bonds is 3. The molecule has 84 valence electrons. The van der Waals surface area contributed by atoms with Gasteiger partial charge in [0.2, 0.25) is 0 Å². The molecule has 0 amide bonds. The van der Waals surface area contributed by atoms with Gasteiger partial charge in [-0.3, -0.25) is 4.79 Å². The van der Waals surface area contributed by atoms with Crippen LogP contribution in [0.3, 0.4) is 0 Å². The highest BCUT2D eigenvalue weighted by Gasteiger charge is 2.34. The zero-order chi connectivity index (χ0) is 11.9. The quantitative estimate of drug-likeness (QED) is 0.870. The summed E-state index contributed by atoms with van der Waals surface area (Å²) in [6, 6.07) is 0. The lowest BCUT2D eigenvalue weighted by Gasteiger charge is -2.15. The first-order valence-electron chi connectivity index (χ1n) is 4.55. The highest BCUT2D eigenvalue weighted by atomic mass is 32.1. The smallest absolute Gasteiger partial charge is 0.316 e. The molecular formula is C10H14FNO2S. The fourth-order valence-corrected chi connectivity index (χ4v) is 1.93. The van der Waals surface area contributed by atoms with Crippen LogP contribution in [0.2, 0.25) is 0 Å². The summed E-state index contributed by atoms with van der Waals surface area (Å²) in [5, 5.41) is 9.41. The second-order valence-electron chi connectivity index (χ2n) is 4.43. The summed E-state index contributed by atoms with van der Waals surface area (Å²) in [7, 11) is 0. The Balaban J connectivity index is 3.10. The van der Waals surface area contributed by atoms with Crippen molar-refractivity contribution in [2.24, 2.45) is 0 Å². The van der Waals surface area contributed by atoms with Gasteiger partial charge in [0.1, 0.15) is 16.1 Å². The van der Waals surface area contributed by atoms with Gasteiger partial charge in [-0.2, -0.15) is 0 Å². The zero-order valence-electron chi connectivity index (χ0n) is 9.17. The highest BCUT2D eigenvalue weighted by molar-refractivity contribution is 7.12. The minimum atomic E-state index is -1.47. The zero-order valence-corrected chi connectivity index (χ0v) is 9.98. The summed E-state index contributed by atoms with van der Waals surface area (Å²) in [6.07, 6.45) is 1.41. The second-order valence-corrected chi connectivity index (χ2v) is 5.46. The molecule has 0 aromatic carbocycles. The number of aromatic nitrogens is 1. The van der Waals surface area contributed by atoms with Crippen LogP contribution in [0, 0.1) is 0 Å². The predicted molar refractivity (Wildman–Crippen MR) is 56.9 cm³/mol. The van der Waals surface area contributed by atoms with E-state index in [9.17, 15) is 9.18 Å². The Labute approximate surface area is 92.0 Å². The molecule has 0 fully saturated rings. The minimum absolute atomic E-state index is 0.427. The molecule has 15 heavy (non-hydrogen) atoms. The number of thiazole rings is 1. The van der Waals surface area contributed by atoms with Crippen molar-refractivity contribution in [1.29, 1.82) is 0 Å². The van der Waals surface area contributed by atoms with Gasteiger partial charge in [-0.25, -0.2) is 9.37 Å². The van der Waals surface area contributed by atoms with E-state index in [4.69, 9.17) is 5.11 Å². The average molecular weight is 231 g/mol. The van der Waals surface area contributed by atoms with Gasteiger partial charge < -0.3 is 5.11 Å². The number of halogens is 1. The van der Waals surface area contributed by atoms with Gasteiger partial charge in [0.25, 0.3) is 0 Å². The van der Waals surface area contributed by atoms with Crippen LogP contribution in [-0.4, -0.2) is 16.1 Å². The molecule has 0 saturated heterocycles. The van der Waals surface area contributed by atoms with Gasteiger partial charge in [-0.05, 0) is 27.7 Å². The molecular weight excluding hydrogens is 217 g/mol. The van der Waals surface area contributed by atoms with Crippen LogP contribution >= 0.6 is 11.3 Å². The number of carboxylic acid groups (broad SMARTS) is 1. The Morgan fingerprint density at radius 3 is 2.33 bits per heavy atom. The number of alkyl halides is 1. The maximum atomic E-state index is 13.5. The number of hydrogen-bond donors (Lipinski definition) is 1. The van der Waals surface area contributed by atoms with E-state index in [1.54, 1.807) is 13.8 Å². The van der Waals surface area contributed by atoms with Gasteiger partial charge in [0.05, 0.1) is 4.88 Å². The maximum Gasteiger partial charge on any atom is 0.316 e. The van der Waals surface area contributed by atoms with Crippen LogP contribution in [0.1, 0.15) is 37.6 Å². The van der Waals surface area contributed by atoms with Crippen molar-refractivity contribution in [3.8, 4) is 0 Å². The highest BCUT2D eigenvalue weighted by Crippen LogP contribution is 2.34. The van der Waals surface area contributed by atoms with Crippen LogP contribution < -0.4 is 0 Å². The Hall–Kier alpha value is -0.970. The largest absolute Gasteiger partial charge is 0.481 e. The van der Waals surface area contributed by atoms with Crippen molar-refractivity contribution in [3.63, 3.8) is 0 Å². The predicted octanol–water partition coefficient (Wildman–Crippen LogP) is 2.71. The van der Waals surface area contributed by atoms with E-state index in [0.717, 1.165) is 11.3 Å². The van der Waals surface area contributed by atoms with Gasteiger partial charge in [0.15, 0.2) is 0 Å².